The Bertz CT molecular complexity index is 1210. The van der Waals surface area contributed by atoms with E-state index in [0.717, 1.165) is 41.0 Å². The molecule has 1 aliphatic rings. The molecule has 3 aromatic rings. The van der Waals surface area contributed by atoms with Gasteiger partial charge in [0.25, 0.3) is 5.91 Å². The maximum Gasteiger partial charge on any atom is 0.304 e. The number of anilines is 1. The second-order valence-corrected chi connectivity index (χ2v) is 8.95. The second kappa shape index (κ2) is 10.6. The predicted molar refractivity (Wildman–Crippen MR) is 140 cm³/mol. The third kappa shape index (κ3) is 5.43. The summed E-state index contributed by atoms with van der Waals surface area (Å²) in [4.78, 5) is 28.3. The molecule has 4 rings (SSSR count). The van der Waals surface area contributed by atoms with Gasteiger partial charge >= 0.3 is 5.91 Å². The fraction of sp³-hybridized carbons (Fsp3) is 0.276. The van der Waals surface area contributed by atoms with E-state index in [1.807, 2.05) is 68.6 Å². The lowest BCUT2D eigenvalue weighted by Crippen LogP contribution is -2.42. The maximum atomic E-state index is 13.1. The summed E-state index contributed by atoms with van der Waals surface area (Å²) in [6.07, 6.45) is 1.92. The Hall–Kier alpha value is -3.93. The van der Waals surface area contributed by atoms with Crippen LogP contribution in [0.15, 0.2) is 72.8 Å². The summed E-state index contributed by atoms with van der Waals surface area (Å²) < 4.78 is 1.81. The van der Waals surface area contributed by atoms with Crippen molar-refractivity contribution < 1.29 is 14.3 Å². The van der Waals surface area contributed by atoms with Crippen molar-refractivity contribution in [2.45, 2.75) is 39.8 Å². The highest BCUT2D eigenvalue weighted by Gasteiger charge is 2.47. The average Bonchev–Trinajstić information content (AvgIpc) is 3.16. The fourth-order valence-corrected chi connectivity index (χ4v) is 4.39. The zero-order valence-electron chi connectivity index (χ0n) is 20.8. The van der Waals surface area contributed by atoms with Crippen molar-refractivity contribution in [3.8, 4) is 0 Å². The Morgan fingerprint density at radius 2 is 1.49 bits per heavy atom. The molecule has 0 saturated carbocycles. The van der Waals surface area contributed by atoms with Gasteiger partial charge in [0.15, 0.2) is 6.04 Å². The molecule has 0 radical (unpaired) electrons. The van der Waals surface area contributed by atoms with Gasteiger partial charge in [0.2, 0.25) is 12.3 Å². The minimum atomic E-state index is -0.738. The molecule has 0 aromatic heterocycles. The van der Waals surface area contributed by atoms with Crippen molar-refractivity contribution in [1.29, 1.82) is 0 Å². The average molecular weight is 470 g/mol. The first kappa shape index (κ1) is 24.2. The molecule has 6 nitrogen and oxygen atoms in total. The van der Waals surface area contributed by atoms with Crippen LogP contribution < -0.4 is 15.6 Å². The van der Waals surface area contributed by atoms with Gasteiger partial charge in [-0.3, -0.25) is 9.59 Å². The van der Waals surface area contributed by atoms with Gasteiger partial charge in [-0.25, -0.2) is 0 Å². The third-order valence-corrected chi connectivity index (χ3v) is 6.47. The summed E-state index contributed by atoms with van der Waals surface area (Å²) in [6.45, 7) is 10.2. The highest BCUT2D eigenvalue weighted by molar-refractivity contribution is 5.98. The lowest BCUT2D eigenvalue weighted by molar-refractivity contribution is -0.596. The molecule has 1 aliphatic heterocycles. The molecule has 180 valence electrons. The van der Waals surface area contributed by atoms with E-state index in [0.29, 0.717) is 5.56 Å². The molecule has 0 aliphatic carbocycles. The zero-order valence-corrected chi connectivity index (χ0v) is 20.8. The SMILES string of the molecule is CCN(CC)c1ccc(/C=[N+]2\NC(=O)[C@H](NC(=O)c3ccc(C)cc3)[C@H]2c2ccc(C)cc2)cc1. The summed E-state index contributed by atoms with van der Waals surface area (Å²) >= 11 is 0. The number of amides is 2. The highest BCUT2D eigenvalue weighted by atomic mass is 16.2. The number of rotatable bonds is 7. The standard InChI is InChI=1S/C29H32N4O2/c1-5-32(6-2)25-17-11-22(12-18-25)19-33-27(23-13-7-20(3)8-14-23)26(29(35)31-33)30-28(34)24-15-9-21(4)10-16-24/h7-19,26-27H,5-6H2,1-4H3,(H-,30,31,34,35)/p+1/t26-,27-/m1/s1. The van der Waals surface area contributed by atoms with Gasteiger partial charge < -0.3 is 10.2 Å². The lowest BCUT2D eigenvalue weighted by atomic mass is 9.98. The molecule has 6 heteroatoms. The number of hydrogen-bond acceptors (Lipinski definition) is 3. The van der Waals surface area contributed by atoms with Gasteiger partial charge in [0, 0.05) is 35.5 Å². The summed E-state index contributed by atoms with van der Waals surface area (Å²) in [5.74, 6) is -0.514. The van der Waals surface area contributed by atoms with Crippen LogP contribution in [0, 0.1) is 13.8 Å². The Morgan fingerprint density at radius 3 is 2.06 bits per heavy atom. The van der Waals surface area contributed by atoms with E-state index in [-0.39, 0.29) is 17.9 Å². The van der Waals surface area contributed by atoms with Gasteiger partial charge in [-0.05, 0) is 64.1 Å². The van der Waals surface area contributed by atoms with Crippen LogP contribution >= 0.6 is 0 Å². The summed E-state index contributed by atoms with van der Waals surface area (Å²) in [5, 5.41) is 2.96. The zero-order chi connectivity index (χ0) is 24.9. The molecule has 1 fully saturated rings. The smallest absolute Gasteiger partial charge is 0.304 e. The first-order valence-electron chi connectivity index (χ1n) is 12.1. The third-order valence-electron chi connectivity index (χ3n) is 6.47. The van der Waals surface area contributed by atoms with E-state index in [1.54, 1.807) is 16.8 Å². The number of carbonyl (C=O) groups is 2. The molecule has 3 aromatic carbocycles. The van der Waals surface area contributed by atoms with Crippen LogP contribution in [-0.2, 0) is 4.79 Å². The van der Waals surface area contributed by atoms with E-state index >= 15 is 0 Å². The van der Waals surface area contributed by atoms with Gasteiger partial charge in [0.05, 0.1) is 0 Å². The Morgan fingerprint density at radius 1 is 0.914 bits per heavy atom. The number of nitrogens with zero attached hydrogens (tertiary/aromatic N) is 2. The normalized spacial score (nSPS) is 18.4. The lowest BCUT2D eigenvalue weighted by Gasteiger charge is -2.20. The van der Waals surface area contributed by atoms with Gasteiger partial charge in [-0.1, -0.05) is 47.5 Å². The van der Waals surface area contributed by atoms with Crippen LogP contribution in [0.5, 0.6) is 0 Å². The second-order valence-electron chi connectivity index (χ2n) is 8.95. The number of hydrazone groups is 1. The van der Waals surface area contributed by atoms with Crippen molar-refractivity contribution in [2.75, 3.05) is 18.0 Å². The van der Waals surface area contributed by atoms with E-state index in [4.69, 9.17) is 0 Å². The largest absolute Gasteiger partial charge is 0.372 e. The fourth-order valence-electron chi connectivity index (χ4n) is 4.39. The molecular weight excluding hydrogens is 436 g/mol. The van der Waals surface area contributed by atoms with Crippen LogP contribution in [0.4, 0.5) is 5.69 Å². The molecule has 0 unspecified atom stereocenters. The molecule has 35 heavy (non-hydrogen) atoms. The summed E-state index contributed by atoms with van der Waals surface area (Å²) in [6, 6.07) is 22.5. The monoisotopic (exact) mass is 469 g/mol. The van der Waals surface area contributed by atoms with Crippen LogP contribution in [0.25, 0.3) is 0 Å². The topological polar surface area (TPSA) is 64.5 Å². The number of aryl methyl sites for hydroxylation is 2. The number of benzene rings is 3. The molecular formula is C29H33N4O2+. The minimum absolute atomic E-state index is 0.243. The Labute approximate surface area is 207 Å². The van der Waals surface area contributed by atoms with Crippen molar-refractivity contribution in [3.63, 3.8) is 0 Å². The van der Waals surface area contributed by atoms with Gasteiger partial charge in [-0.2, -0.15) is 0 Å². The summed E-state index contributed by atoms with van der Waals surface area (Å²) in [7, 11) is 0. The van der Waals surface area contributed by atoms with Gasteiger partial charge in [-0.15, -0.1) is 10.1 Å². The molecule has 0 spiro atoms. The van der Waals surface area contributed by atoms with E-state index < -0.39 is 6.04 Å². The number of carbonyl (C=O) groups excluding carboxylic acids is 2. The molecule has 1 saturated heterocycles. The Balaban J connectivity index is 1.66. The first-order chi connectivity index (χ1) is 16.9. The van der Waals surface area contributed by atoms with Crippen LogP contribution in [0.1, 0.15) is 52.5 Å². The highest BCUT2D eigenvalue weighted by Crippen LogP contribution is 2.26. The predicted octanol–water partition coefficient (Wildman–Crippen LogP) is 4.17. The van der Waals surface area contributed by atoms with Crippen LogP contribution in [0.3, 0.4) is 0 Å². The first-order valence-corrected chi connectivity index (χ1v) is 12.1. The van der Waals surface area contributed by atoms with Crippen molar-refractivity contribution >= 4 is 23.7 Å². The van der Waals surface area contributed by atoms with Crippen molar-refractivity contribution in [3.05, 3.63) is 101 Å². The molecule has 2 atom stereocenters. The van der Waals surface area contributed by atoms with E-state index in [2.05, 4.69) is 41.6 Å². The van der Waals surface area contributed by atoms with Crippen molar-refractivity contribution in [1.82, 2.24) is 10.7 Å². The van der Waals surface area contributed by atoms with Crippen LogP contribution in [-0.4, -0.2) is 41.8 Å². The Kier molecular flexibility index (Phi) is 7.30. The molecule has 2 N–H and O–H groups in total. The quantitative estimate of drug-likeness (QED) is 0.511. The minimum Gasteiger partial charge on any atom is -0.372 e. The summed E-state index contributed by atoms with van der Waals surface area (Å²) in [5.41, 5.74) is 8.76. The number of hydrazine groups is 1. The molecule has 2 amide bonds. The van der Waals surface area contributed by atoms with Crippen LogP contribution in [0.2, 0.25) is 0 Å². The van der Waals surface area contributed by atoms with Gasteiger partial charge in [0.1, 0.15) is 0 Å². The molecule has 1 heterocycles. The molecule has 0 bridgehead atoms. The van der Waals surface area contributed by atoms with E-state index in [9.17, 15) is 9.59 Å². The number of nitrogens with one attached hydrogen (secondary N) is 2. The number of hydrogen-bond donors (Lipinski definition) is 2. The maximum absolute atomic E-state index is 13.1. The van der Waals surface area contributed by atoms with E-state index in [1.165, 1.54) is 0 Å². The van der Waals surface area contributed by atoms with Crippen molar-refractivity contribution in [2.24, 2.45) is 0 Å².